The number of amides is 1. The Kier molecular flexibility index (Phi) is 7.69. The average Bonchev–Trinajstić information content (AvgIpc) is 3.69. The minimum atomic E-state index is -0.393. The van der Waals surface area contributed by atoms with Gasteiger partial charge in [0.15, 0.2) is 0 Å². The Labute approximate surface area is 264 Å². The maximum absolute atomic E-state index is 14.7. The van der Waals surface area contributed by atoms with E-state index in [4.69, 9.17) is 4.74 Å². The summed E-state index contributed by atoms with van der Waals surface area (Å²) in [6, 6.07) is 25.5. The topological polar surface area (TPSA) is 112 Å². The van der Waals surface area contributed by atoms with Gasteiger partial charge in [0.2, 0.25) is 0 Å². The number of ether oxygens (including phenoxy) is 1. The van der Waals surface area contributed by atoms with Gasteiger partial charge in [-0.05, 0) is 74.3 Å². The summed E-state index contributed by atoms with van der Waals surface area (Å²) in [7, 11) is 3.92. The molecule has 7 rings (SSSR count). The number of carbonyl (C=O) groups is 1. The molecule has 0 fully saturated rings. The van der Waals surface area contributed by atoms with Crippen LogP contribution in [-0.2, 0) is 0 Å². The quantitative estimate of drug-likeness (QED) is 0.160. The number of H-pyrrole nitrogens is 2. The van der Waals surface area contributed by atoms with Crippen LogP contribution in [0.5, 0.6) is 5.75 Å². The molecule has 0 unspecified atom stereocenters. The first-order valence-corrected chi connectivity index (χ1v) is 14.8. The van der Waals surface area contributed by atoms with E-state index in [9.17, 15) is 9.18 Å². The van der Waals surface area contributed by atoms with Crippen LogP contribution in [0.15, 0.2) is 104 Å². The Morgan fingerprint density at radius 1 is 0.870 bits per heavy atom. The number of rotatable bonds is 9. The van der Waals surface area contributed by atoms with E-state index < -0.39 is 5.82 Å². The summed E-state index contributed by atoms with van der Waals surface area (Å²) in [4.78, 5) is 27.2. The molecule has 1 amide bonds. The number of carbonyl (C=O) groups excluding carboxylic acids is 1. The summed E-state index contributed by atoms with van der Waals surface area (Å²) in [6.45, 7) is 1.16. The van der Waals surface area contributed by atoms with E-state index >= 15 is 0 Å². The van der Waals surface area contributed by atoms with E-state index in [0.717, 1.165) is 44.3 Å². The number of aromatic amines is 2. The zero-order valence-electron chi connectivity index (χ0n) is 25.2. The number of benzene rings is 3. The minimum Gasteiger partial charge on any atom is -0.492 e. The highest BCUT2D eigenvalue weighted by Crippen LogP contribution is 2.35. The van der Waals surface area contributed by atoms with Crippen LogP contribution >= 0.6 is 0 Å². The third-order valence-electron chi connectivity index (χ3n) is 7.68. The van der Waals surface area contributed by atoms with Crippen molar-refractivity contribution >= 4 is 33.4 Å². The fraction of sp³-hybridized carbons (Fsp3) is 0.111. The predicted molar refractivity (Wildman–Crippen MR) is 178 cm³/mol. The highest BCUT2D eigenvalue weighted by atomic mass is 19.1. The summed E-state index contributed by atoms with van der Waals surface area (Å²) < 4.78 is 20.5. The molecule has 0 saturated carbocycles. The van der Waals surface area contributed by atoms with Gasteiger partial charge in [-0.2, -0.15) is 5.10 Å². The average molecular weight is 612 g/mol. The zero-order chi connectivity index (χ0) is 31.6. The fourth-order valence-corrected chi connectivity index (χ4v) is 5.40. The van der Waals surface area contributed by atoms with Gasteiger partial charge < -0.3 is 19.9 Å². The molecular weight excluding hydrogens is 581 g/mol. The number of hydrogen-bond donors (Lipinski definition) is 3. The second-order valence-corrected chi connectivity index (χ2v) is 11.2. The van der Waals surface area contributed by atoms with E-state index in [1.807, 2.05) is 79.7 Å². The molecule has 0 aliphatic heterocycles. The van der Waals surface area contributed by atoms with Crippen molar-refractivity contribution in [2.24, 2.45) is 0 Å². The number of fused-ring (bicyclic) bond motifs is 2. The Hall–Kier alpha value is -5.87. The molecule has 46 heavy (non-hydrogen) atoms. The Morgan fingerprint density at radius 3 is 2.57 bits per heavy atom. The number of nitrogens with one attached hydrogen (secondary N) is 3. The molecule has 4 heterocycles. The number of aromatic nitrogens is 5. The van der Waals surface area contributed by atoms with Crippen molar-refractivity contribution in [1.82, 2.24) is 30.0 Å². The normalized spacial score (nSPS) is 11.4. The maximum atomic E-state index is 14.7. The first-order chi connectivity index (χ1) is 22.4. The molecule has 0 radical (unpaired) electrons. The first kappa shape index (κ1) is 28.9. The molecule has 228 valence electrons. The summed E-state index contributed by atoms with van der Waals surface area (Å²) in [5.74, 6) is -0.141. The Morgan fingerprint density at radius 2 is 1.72 bits per heavy atom. The fourth-order valence-electron chi connectivity index (χ4n) is 5.40. The van der Waals surface area contributed by atoms with Crippen LogP contribution in [-0.4, -0.2) is 63.2 Å². The predicted octanol–water partition coefficient (Wildman–Crippen LogP) is 7.17. The summed E-state index contributed by atoms with van der Waals surface area (Å²) in [5, 5.41) is 12.4. The number of halogens is 1. The summed E-state index contributed by atoms with van der Waals surface area (Å²) in [6.07, 6.45) is 5.09. The van der Waals surface area contributed by atoms with Crippen LogP contribution < -0.4 is 10.1 Å². The van der Waals surface area contributed by atoms with Gasteiger partial charge in [-0.25, -0.2) is 4.39 Å². The van der Waals surface area contributed by atoms with Crippen LogP contribution in [0, 0.1) is 5.82 Å². The third-order valence-corrected chi connectivity index (χ3v) is 7.68. The lowest BCUT2D eigenvalue weighted by molar-refractivity contribution is 0.102. The van der Waals surface area contributed by atoms with E-state index in [2.05, 4.69) is 30.5 Å². The van der Waals surface area contributed by atoms with Crippen LogP contribution in [0.2, 0.25) is 0 Å². The van der Waals surface area contributed by atoms with Crippen LogP contribution in [0.25, 0.3) is 55.6 Å². The van der Waals surface area contributed by atoms with Crippen molar-refractivity contribution in [1.29, 1.82) is 0 Å². The molecule has 4 aromatic heterocycles. The third kappa shape index (κ3) is 5.93. The van der Waals surface area contributed by atoms with Gasteiger partial charge in [-0.1, -0.05) is 24.3 Å². The number of pyridine rings is 2. The standard InChI is InChI=1S/C36H30FN7O2/c1-44(2)12-13-46-28-16-24(14-26(37)18-28)34-30-19-33(41-31(30)10-11-39-34)35-29-17-23(8-9-32(29)42-43-35)25-15-27(21-38-20-25)40-36(45)22-6-4-3-5-7-22/h3-11,14-21,41H,12-13H2,1-2H3,(H,40,45)(H,42,43). The van der Waals surface area contributed by atoms with E-state index in [-0.39, 0.29) is 5.91 Å². The molecule has 3 aromatic carbocycles. The lowest BCUT2D eigenvalue weighted by Crippen LogP contribution is -2.19. The van der Waals surface area contributed by atoms with Gasteiger partial charge in [0, 0.05) is 58.0 Å². The van der Waals surface area contributed by atoms with Gasteiger partial charge in [-0.15, -0.1) is 0 Å². The lowest BCUT2D eigenvalue weighted by atomic mass is 10.0. The minimum absolute atomic E-state index is 0.203. The number of anilines is 1. The summed E-state index contributed by atoms with van der Waals surface area (Å²) >= 11 is 0. The van der Waals surface area contributed by atoms with E-state index in [1.165, 1.54) is 12.1 Å². The molecule has 3 N–H and O–H groups in total. The SMILES string of the molecule is CN(C)CCOc1cc(F)cc(-c2nccc3[nH]c(-c4n[nH]c5ccc(-c6cncc(NC(=O)c7ccccc7)c6)cc45)cc23)c1. The lowest BCUT2D eigenvalue weighted by Gasteiger charge is -2.12. The van der Waals surface area contributed by atoms with Gasteiger partial charge in [0.25, 0.3) is 5.91 Å². The van der Waals surface area contributed by atoms with Crippen molar-refractivity contribution in [3.8, 4) is 39.5 Å². The van der Waals surface area contributed by atoms with E-state index in [1.54, 1.807) is 30.7 Å². The number of hydrogen-bond acceptors (Lipinski definition) is 6. The van der Waals surface area contributed by atoms with Crippen LogP contribution in [0.4, 0.5) is 10.1 Å². The van der Waals surface area contributed by atoms with Crippen molar-refractivity contribution in [2.45, 2.75) is 0 Å². The molecular formula is C36H30FN7O2. The van der Waals surface area contributed by atoms with Crippen molar-refractivity contribution in [3.63, 3.8) is 0 Å². The maximum Gasteiger partial charge on any atom is 0.255 e. The highest BCUT2D eigenvalue weighted by molar-refractivity contribution is 6.04. The highest BCUT2D eigenvalue weighted by Gasteiger charge is 2.16. The van der Waals surface area contributed by atoms with Crippen LogP contribution in [0.3, 0.4) is 0 Å². The zero-order valence-corrected chi connectivity index (χ0v) is 25.2. The first-order valence-electron chi connectivity index (χ1n) is 14.8. The Balaban J connectivity index is 1.21. The second-order valence-electron chi connectivity index (χ2n) is 11.2. The second kappa shape index (κ2) is 12.3. The van der Waals surface area contributed by atoms with Crippen molar-refractivity contribution < 1.29 is 13.9 Å². The molecule has 9 nitrogen and oxygen atoms in total. The van der Waals surface area contributed by atoms with E-state index in [0.29, 0.717) is 41.4 Å². The molecule has 0 saturated heterocycles. The number of likely N-dealkylation sites (N-methyl/N-ethyl adjacent to an activating group) is 1. The van der Waals surface area contributed by atoms with Gasteiger partial charge >= 0.3 is 0 Å². The smallest absolute Gasteiger partial charge is 0.255 e. The Bertz CT molecular complexity index is 2190. The molecule has 0 bridgehead atoms. The van der Waals surface area contributed by atoms with Crippen molar-refractivity contribution in [2.75, 3.05) is 32.6 Å². The molecule has 0 spiro atoms. The molecule has 0 aliphatic rings. The largest absolute Gasteiger partial charge is 0.492 e. The molecule has 0 aliphatic carbocycles. The number of nitrogens with zero attached hydrogens (tertiary/aromatic N) is 4. The molecule has 7 aromatic rings. The van der Waals surface area contributed by atoms with Gasteiger partial charge in [0.05, 0.1) is 28.8 Å². The molecule has 10 heteroatoms. The monoisotopic (exact) mass is 611 g/mol. The summed E-state index contributed by atoms with van der Waals surface area (Å²) in [5.41, 5.74) is 7.41. The van der Waals surface area contributed by atoms with Crippen LogP contribution in [0.1, 0.15) is 10.4 Å². The van der Waals surface area contributed by atoms with Gasteiger partial charge in [0.1, 0.15) is 23.9 Å². The van der Waals surface area contributed by atoms with Crippen molar-refractivity contribution in [3.05, 3.63) is 115 Å². The van der Waals surface area contributed by atoms with Gasteiger partial charge in [-0.3, -0.25) is 19.9 Å². The molecule has 0 atom stereocenters.